The van der Waals surface area contributed by atoms with Crippen molar-refractivity contribution in [2.45, 2.75) is 70.3 Å². The number of ether oxygens (including phenoxy) is 1. The number of hydrogen-bond donors (Lipinski definition) is 1. The SMILES string of the molecule is O=Cc1c(OCCCCCC(=O)N(CCCO)C2CCCCC2)cccc1[N+](=O)[O-]. The van der Waals surface area contributed by atoms with E-state index >= 15 is 0 Å². The molecule has 1 saturated carbocycles. The van der Waals surface area contributed by atoms with Gasteiger partial charge in [-0.3, -0.25) is 19.7 Å². The zero-order valence-electron chi connectivity index (χ0n) is 17.5. The Balaban J connectivity index is 1.75. The first-order valence-electron chi connectivity index (χ1n) is 10.8. The van der Waals surface area contributed by atoms with Gasteiger partial charge in [0.05, 0.1) is 11.5 Å². The maximum absolute atomic E-state index is 12.7. The highest BCUT2D eigenvalue weighted by atomic mass is 16.6. The van der Waals surface area contributed by atoms with Gasteiger partial charge in [-0.05, 0) is 44.6 Å². The van der Waals surface area contributed by atoms with Gasteiger partial charge in [0, 0.05) is 31.7 Å². The van der Waals surface area contributed by atoms with Crippen molar-refractivity contribution in [3.63, 3.8) is 0 Å². The third-order valence-electron chi connectivity index (χ3n) is 5.54. The zero-order chi connectivity index (χ0) is 21.8. The minimum absolute atomic E-state index is 0.0512. The summed E-state index contributed by atoms with van der Waals surface area (Å²) in [7, 11) is 0. The summed E-state index contributed by atoms with van der Waals surface area (Å²) in [5, 5.41) is 20.1. The minimum Gasteiger partial charge on any atom is -0.493 e. The smallest absolute Gasteiger partial charge is 0.283 e. The molecule has 0 spiro atoms. The summed E-state index contributed by atoms with van der Waals surface area (Å²) in [6, 6.07) is 4.61. The molecule has 1 fully saturated rings. The molecule has 0 aromatic heterocycles. The highest BCUT2D eigenvalue weighted by Gasteiger charge is 2.24. The number of amides is 1. The molecule has 0 saturated heterocycles. The second-order valence-corrected chi connectivity index (χ2v) is 7.68. The zero-order valence-corrected chi connectivity index (χ0v) is 17.5. The van der Waals surface area contributed by atoms with Crippen LogP contribution in [0.15, 0.2) is 18.2 Å². The quantitative estimate of drug-likeness (QED) is 0.224. The lowest BCUT2D eigenvalue weighted by Crippen LogP contribution is -2.42. The van der Waals surface area contributed by atoms with Gasteiger partial charge in [-0.25, -0.2) is 0 Å². The normalized spacial score (nSPS) is 14.3. The molecule has 166 valence electrons. The summed E-state index contributed by atoms with van der Waals surface area (Å²) in [6.45, 7) is 1.03. The molecule has 1 N–H and O–H groups in total. The maximum atomic E-state index is 12.7. The molecule has 0 atom stereocenters. The highest BCUT2D eigenvalue weighted by Crippen LogP contribution is 2.27. The Labute approximate surface area is 177 Å². The number of rotatable bonds is 13. The van der Waals surface area contributed by atoms with E-state index in [9.17, 15) is 19.7 Å². The van der Waals surface area contributed by atoms with Crippen LogP contribution < -0.4 is 4.74 Å². The van der Waals surface area contributed by atoms with Crippen LogP contribution >= 0.6 is 0 Å². The van der Waals surface area contributed by atoms with Gasteiger partial charge in [-0.1, -0.05) is 25.3 Å². The fourth-order valence-corrected chi connectivity index (χ4v) is 3.96. The molecule has 0 unspecified atom stereocenters. The van der Waals surface area contributed by atoms with E-state index in [2.05, 4.69) is 0 Å². The predicted molar refractivity (Wildman–Crippen MR) is 113 cm³/mol. The van der Waals surface area contributed by atoms with Gasteiger partial charge in [0.1, 0.15) is 11.3 Å². The van der Waals surface area contributed by atoms with E-state index < -0.39 is 4.92 Å². The molecule has 0 heterocycles. The molecular formula is C22H32N2O6. The van der Waals surface area contributed by atoms with Crippen LogP contribution in [0.4, 0.5) is 5.69 Å². The largest absolute Gasteiger partial charge is 0.493 e. The van der Waals surface area contributed by atoms with E-state index in [0.717, 1.165) is 38.5 Å². The van der Waals surface area contributed by atoms with Gasteiger partial charge in [0.15, 0.2) is 6.29 Å². The van der Waals surface area contributed by atoms with E-state index in [1.165, 1.54) is 18.6 Å². The first kappa shape index (κ1) is 23.8. The van der Waals surface area contributed by atoms with Crippen LogP contribution in [0.2, 0.25) is 0 Å². The monoisotopic (exact) mass is 420 g/mol. The van der Waals surface area contributed by atoms with Gasteiger partial charge < -0.3 is 14.7 Å². The number of nitro groups is 1. The molecule has 0 bridgehead atoms. The summed E-state index contributed by atoms with van der Waals surface area (Å²) < 4.78 is 5.56. The summed E-state index contributed by atoms with van der Waals surface area (Å²) in [5.74, 6) is 0.362. The first-order valence-corrected chi connectivity index (χ1v) is 10.8. The molecule has 30 heavy (non-hydrogen) atoms. The number of nitro benzene ring substituents is 1. The lowest BCUT2D eigenvalue weighted by atomic mass is 9.93. The van der Waals surface area contributed by atoms with Crippen LogP contribution in [0.25, 0.3) is 0 Å². The number of carbonyl (C=O) groups is 2. The number of aliphatic hydroxyl groups is 1. The van der Waals surface area contributed by atoms with Crippen molar-refractivity contribution in [2.24, 2.45) is 0 Å². The highest BCUT2D eigenvalue weighted by molar-refractivity contribution is 5.85. The van der Waals surface area contributed by atoms with Crippen LogP contribution in [-0.4, -0.2) is 52.9 Å². The lowest BCUT2D eigenvalue weighted by Gasteiger charge is -2.34. The standard InChI is InChI=1S/C22H32N2O6/c25-15-8-14-23(18-9-3-1-4-10-18)22(27)13-5-2-6-16-30-21-12-7-11-20(24(28)29)19(21)17-26/h7,11-12,17-18,25H,1-6,8-10,13-16H2. The molecule has 1 aliphatic carbocycles. The molecule has 1 amide bonds. The van der Waals surface area contributed by atoms with Crippen molar-refractivity contribution in [2.75, 3.05) is 19.8 Å². The Kier molecular flexibility index (Phi) is 10.3. The van der Waals surface area contributed by atoms with Gasteiger partial charge in [-0.2, -0.15) is 0 Å². The van der Waals surface area contributed by atoms with Crippen molar-refractivity contribution < 1.29 is 24.4 Å². The molecule has 8 nitrogen and oxygen atoms in total. The van der Waals surface area contributed by atoms with Crippen LogP contribution in [0.1, 0.15) is 74.6 Å². The number of nitrogens with zero attached hydrogens (tertiary/aromatic N) is 2. The van der Waals surface area contributed by atoms with Gasteiger partial charge in [0.25, 0.3) is 5.69 Å². The number of benzene rings is 1. The van der Waals surface area contributed by atoms with E-state index in [4.69, 9.17) is 9.84 Å². The van der Waals surface area contributed by atoms with E-state index in [1.807, 2.05) is 4.90 Å². The fourth-order valence-electron chi connectivity index (χ4n) is 3.96. The van der Waals surface area contributed by atoms with E-state index in [0.29, 0.717) is 44.7 Å². The molecule has 8 heteroatoms. The fraction of sp³-hybridized carbons (Fsp3) is 0.636. The van der Waals surface area contributed by atoms with Crippen LogP contribution in [-0.2, 0) is 4.79 Å². The Morgan fingerprint density at radius 3 is 2.63 bits per heavy atom. The van der Waals surface area contributed by atoms with Gasteiger partial charge >= 0.3 is 0 Å². The van der Waals surface area contributed by atoms with E-state index in [-0.39, 0.29) is 29.5 Å². The van der Waals surface area contributed by atoms with Gasteiger partial charge in [0.2, 0.25) is 5.91 Å². The average Bonchev–Trinajstić information content (AvgIpc) is 2.76. The number of hydrogen-bond acceptors (Lipinski definition) is 6. The summed E-state index contributed by atoms with van der Waals surface area (Å²) in [6.07, 6.45) is 9.38. The van der Waals surface area contributed by atoms with Crippen molar-refractivity contribution in [3.05, 3.63) is 33.9 Å². The second kappa shape index (κ2) is 13.0. The third kappa shape index (κ3) is 7.09. The van der Waals surface area contributed by atoms with Crippen molar-refractivity contribution >= 4 is 17.9 Å². The van der Waals surface area contributed by atoms with Crippen LogP contribution in [0.5, 0.6) is 5.75 Å². The number of aldehydes is 1. The van der Waals surface area contributed by atoms with Crippen LogP contribution in [0, 0.1) is 10.1 Å². The molecule has 0 aliphatic heterocycles. The molecule has 1 aromatic carbocycles. The molecule has 0 radical (unpaired) electrons. The van der Waals surface area contributed by atoms with E-state index in [1.54, 1.807) is 6.07 Å². The number of unbranched alkanes of at least 4 members (excludes halogenated alkanes) is 2. The predicted octanol–water partition coefficient (Wildman–Crippen LogP) is 3.89. The molecule has 2 rings (SSSR count). The Morgan fingerprint density at radius 2 is 1.97 bits per heavy atom. The summed E-state index contributed by atoms with van der Waals surface area (Å²) in [5.41, 5.74) is -0.316. The topological polar surface area (TPSA) is 110 Å². The van der Waals surface area contributed by atoms with Crippen LogP contribution in [0.3, 0.4) is 0 Å². The maximum Gasteiger partial charge on any atom is 0.283 e. The molecular weight excluding hydrogens is 388 g/mol. The first-order chi connectivity index (χ1) is 14.6. The Morgan fingerprint density at radius 1 is 1.20 bits per heavy atom. The molecule has 1 aliphatic rings. The average molecular weight is 421 g/mol. The minimum atomic E-state index is -0.600. The summed E-state index contributed by atoms with van der Waals surface area (Å²) >= 11 is 0. The van der Waals surface area contributed by atoms with Crippen molar-refractivity contribution in [1.29, 1.82) is 0 Å². The Bertz CT molecular complexity index is 703. The number of aliphatic hydroxyl groups excluding tert-OH is 1. The second-order valence-electron chi connectivity index (χ2n) is 7.68. The van der Waals surface area contributed by atoms with Crippen molar-refractivity contribution in [3.8, 4) is 5.75 Å². The lowest BCUT2D eigenvalue weighted by molar-refractivity contribution is -0.385. The Hall–Kier alpha value is -2.48. The number of carbonyl (C=O) groups excluding carboxylic acids is 2. The summed E-state index contributed by atoms with van der Waals surface area (Å²) in [4.78, 5) is 36.2. The molecule has 1 aromatic rings. The van der Waals surface area contributed by atoms with Crippen molar-refractivity contribution in [1.82, 2.24) is 4.90 Å². The third-order valence-corrected chi connectivity index (χ3v) is 5.54. The van der Waals surface area contributed by atoms with Gasteiger partial charge in [-0.15, -0.1) is 0 Å².